The van der Waals surface area contributed by atoms with Crippen LogP contribution < -0.4 is 5.32 Å². The highest BCUT2D eigenvalue weighted by molar-refractivity contribution is 6.62. The van der Waals surface area contributed by atoms with Gasteiger partial charge in [-0.05, 0) is 33.6 Å². The minimum absolute atomic E-state index is 0.210. The summed E-state index contributed by atoms with van der Waals surface area (Å²) in [6, 6.07) is -1.21. The summed E-state index contributed by atoms with van der Waals surface area (Å²) in [6.07, 6.45) is 0.421. The van der Waals surface area contributed by atoms with Gasteiger partial charge in [0.1, 0.15) is 6.04 Å². The van der Waals surface area contributed by atoms with Gasteiger partial charge < -0.3 is 28.8 Å². The van der Waals surface area contributed by atoms with E-state index in [0.29, 0.717) is 19.8 Å². The molecule has 0 saturated heterocycles. The lowest BCUT2D eigenvalue weighted by molar-refractivity contribution is -0.159. The van der Waals surface area contributed by atoms with E-state index in [4.69, 9.17) is 13.3 Å². The van der Waals surface area contributed by atoms with Gasteiger partial charge in [0.05, 0.1) is 5.41 Å². The molecular weight excluding hydrogens is 358 g/mol. The lowest BCUT2D eigenvalue weighted by atomic mass is 9.75. The zero-order valence-electron chi connectivity index (χ0n) is 16.8. The van der Waals surface area contributed by atoms with Crippen LogP contribution in [-0.2, 0) is 22.9 Å². The zero-order valence-corrected chi connectivity index (χ0v) is 17.8. The van der Waals surface area contributed by atoms with Crippen LogP contribution in [0.25, 0.3) is 0 Å². The molecule has 0 aliphatic rings. The Morgan fingerprint density at radius 3 is 1.65 bits per heavy atom. The molecule has 0 aliphatic carbocycles. The predicted molar refractivity (Wildman–Crippen MR) is 100 cm³/mol. The van der Waals surface area contributed by atoms with Crippen LogP contribution >= 0.6 is 0 Å². The molecule has 0 spiro atoms. The molecule has 0 amide bonds. The van der Waals surface area contributed by atoms with Gasteiger partial charge in [0.15, 0.2) is 0 Å². The summed E-state index contributed by atoms with van der Waals surface area (Å²) < 4.78 is 17.5. The molecule has 2 unspecified atom stereocenters. The lowest BCUT2D eigenvalue weighted by Crippen LogP contribution is -2.58. The van der Waals surface area contributed by atoms with Crippen LogP contribution in [0.5, 0.6) is 0 Å². The summed E-state index contributed by atoms with van der Waals surface area (Å²) in [5.41, 5.74) is -1.61. The molecule has 0 aromatic carbocycles. The fourth-order valence-corrected chi connectivity index (χ4v) is 5.86. The second-order valence-corrected chi connectivity index (χ2v) is 9.21. The molecule has 0 radical (unpaired) electrons. The van der Waals surface area contributed by atoms with Crippen LogP contribution in [0.1, 0.15) is 54.4 Å². The van der Waals surface area contributed by atoms with Crippen molar-refractivity contribution < 1.29 is 33.1 Å². The van der Waals surface area contributed by atoms with Crippen molar-refractivity contribution in [2.24, 2.45) is 5.41 Å². The van der Waals surface area contributed by atoms with Gasteiger partial charge in [-0.1, -0.05) is 20.8 Å². The van der Waals surface area contributed by atoms with Gasteiger partial charge in [-0.2, -0.15) is 0 Å². The Balaban J connectivity index is 5.50. The summed E-state index contributed by atoms with van der Waals surface area (Å²) in [5.74, 6) is -2.29. The van der Waals surface area contributed by atoms with Crippen molar-refractivity contribution in [2.75, 3.05) is 26.4 Å². The van der Waals surface area contributed by atoms with Crippen molar-refractivity contribution in [2.45, 2.75) is 66.0 Å². The lowest BCUT2D eigenvalue weighted by Gasteiger charge is -2.37. The highest BCUT2D eigenvalue weighted by Crippen LogP contribution is 2.33. The first-order chi connectivity index (χ1) is 12.2. The highest BCUT2D eigenvalue weighted by atomic mass is 28.4. The van der Waals surface area contributed by atoms with E-state index in [0.717, 1.165) is 0 Å². The quantitative estimate of drug-likeness (QED) is 0.363. The van der Waals surface area contributed by atoms with Crippen LogP contribution in [-0.4, -0.2) is 63.4 Å². The Hall–Kier alpha value is -1.00. The van der Waals surface area contributed by atoms with E-state index in [9.17, 15) is 19.8 Å². The number of hydrogen-bond donors (Lipinski definition) is 3. The van der Waals surface area contributed by atoms with Gasteiger partial charge in [0.25, 0.3) is 0 Å². The maximum absolute atomic E-state index is 11.8. The van der Waals surface area contributed by atoms with Gasteiger partial charge in [0.2, 0.25) is 0 Å². The number of hydrogen-bond acceptors (Lipinski definition) is 6. The molecule has 0 fully saturated rings. The number of carboxylic acids is 2. The third kappa shape index (κ3) is 5.75. The maximum Gasteiger partial charge on any atom is 0.505 e. The fraction of sp³-hybridized carbons (Fsp3) is 0.882. The average molecular weight is 394 g/mol. The van der Waals surface area contributed by atoms with Gasteiger partial charge in [-0.3, -0.25) is 9.59 Å². The van der Waals surface area contributed by atoms with Crippen LogP contribution in [0.2, 0.25) is 5.54 Å². The van der Waals surface area contributed by atoms with E-state index >= 15 is 0 Å². The largest absolute Gasteiger partial charge is 0.505 e. The molecular formula is C17H35NO7Si. The average Bonchev–Trinajstić information content (AvgIpc) is 2.58. The van der Waals surface area contributed by atoms with E-state index in [1.807, 2.05) is 27.7 Å². The van der Waals surface area contributed by atoms with Gasteiger partial charge in [-0.15, -0.1) is 0 Å². The van der Waals surface area contributed by atoms with Crippen LogP contribution in [0.15, 0.2) is 0 Å². The standard InChI is InChI=1S/C17H35NO7Si/c1-7-17(8-2,16(21)22)14(15(19)20)18-12-13(6)26(23-9-3,24-10-4)25-11-5/h13-14,18H,7-12H2,1-6H3,(H,19,20)(H,21,22). The Morgan fingerprint density at radius 1 is 0.962 bits per heavy atom. The second-order valence-electron chi connectivity index (χ2n) is 6.15. The summed E-state index contributed by atoms with van der Waals surface area (Å²) >= 11 is 0. The summed E-state index contributed by atoms with van der Waals surface area (Å²) in [6.45, 7) is 12.3. The number of rotatable bonds is 15. The van der Waals surface area contributed by atoms with E-state index < -0.39 is 32.2 Å². The molecule has 2 atom stereocenters. The molecule has 8 nitrogen and oxygen atoms in total. The smallest absolute Gasteiger partial charge is 0.481 e. The van der Waals surface area contributed by atoms with Crippen LogP contribution in [0.4, 0.5) is 0 Å². The van der Waals surface area contributed by atoms with Gasteiger partial charge in [0, 0.05) is 31.9 Å². The minimum Gasteiger partial charge on any atom is -0.481 e. The molecule has 0 rings (SSSR count). The minimum atomic E-state index is -3.01. The molecule has 0 aromatic rings. The van der Waals surface area contributed by atoms with Gasteiger partial charge >= 0.3 is 20.7 Å². The number of carboxylic acid groups (broad SMARTS) is 2. The predicted octanol–water partition coefficient (Wildman–Crippen LogP) is 2.36. The van der Waals surface area contributed by atoms with E-state index in [-0.39, 0.29) is 24.9 Å². The molecule has 0 aromatic heterocycles. The molecule has 9 heteroatoms. The summed E-state index contributed by atoms with van der Waals surface area (Å²) in [5, 5.41) is 22.2. The number of nitrogens with one attached hydrogen (secondary N) is 1. The first-order valence-corrected chi connectivity index (χ1v) is 11.1. The monoisotopic (exact) mass is 393 g/mol. The zero-order chi connectivity index (χ0) is 20.4. The van der Waals surface area contributed by atoms with E-state index in [1.165, 1.54) is 0 Å². The van der Waals surface area contributed by atoms with Crippen molar-refractivity contribution in [1.82, 2.24) is 5.32 Å². The third-order valence-corrected chi connectivity index (χ3v) is 8.24. The maximum atomic E-state index is 11.8. The van der Waals surface area contributed by atoms with E-state index in [1.54, 1.807) is 13.8 Å². The first-order valence-electron chi connectivity index (χ1n) is 9.32. The van der Waals surface area contributed by atoms with Crippen molar-refractivity contribution in [3.63, 3.8) is 0 Å². The summed E-state index contributed by atoms with van der Waals surface area (Å²) in [7, 11) is -3.01. The Morgan fingerprint density at radius 2 is 1.38 bits per heavy atom. The Labute approximate surface area is 157 Å². The first kappa shape index (κ1) is 25.0. The highest BCUT2D eigenvalue weighted by Gasteiger charge is 2.50. The van der Waals surface area contributed by atoms with Crippen molar-refractivity contribution in [1.29, 1.82) is 0 Å². The van der Waals surface area contributed by atoms with Crippen LogP contribution in [0, 0.1) is 5.41 Å². The fourth-order valence-electron chi connectivity index (χ4n) is 3.18. The topological polar surface area (TPSA) is 114 Å². The third-order valence-electron chi connectivity index (χ3n) is 4.76. The van der Waals surface area contributed by atoms with Crippen molar-refractivity contribution in [3.05, 3.63) is 0 Å². The van der Waals surface area contributed by atoms with Gasteiger partial charge in [-0.25, -0.2) is 0 Å². The number of aliphatic carboxylic acids is 2. The Bertz CT molecular complexity index is 426. The molecule has 3 N–H and O–H groups in total. The molecule has 0 bridgehead atoms. The Kier molecular flexibility index (Phi) is 11.2. The molecule has 0 saturated carbocycles. The van der Waals surface area contributed by atoms with Crippen LogP contribution in [0.3, 0.4) is 0 Å². The van der Waals surface area contributed by atoms with Crippen molar-refractivity contribution >= 4 is 20.7 Å². The second kappa shape index (κ2) is 11.7. The number of carbonyl (C=O) groups is 2. The normalized spacial score (nSPS) is 14.8. The SMILES string of the molecule is CCO[Si](OCC)(OCC)C(C)CNC(C(=O)O)C(CC)(CC)C(=O)O. The summed E-state index contributed by atoms with van der Waals surface area (Å²) in [4.78, 5) is 23.6. The molecule has 26 heavy (non-hydrogen) atoms. The molecule has 154 valence electrons. The van der Waals surface area contributed by atoms with E-state index in [2.05, 4.69) is 5.32 Å². The van der Waals surface area contributed by atoms with Crippen molar-refractivity contribution in [3.8, 4) is 0 Å². The molecule has 0 heterocycles. The molecule has 0 aliphatic heterocycles.